The number of halogens is 4. The highest BCUT2D eigenvalue weighted by atomic mass is 35.5. The lowest BCUT2D eigenvalue weighted by atomic mass is 10.1. The molecule has 3 aromatic carbocycles. The standard InChI is InChI=1S/C20H11Cl4N3O/c21-14-7-6-12(8-15(14)22)19-25-20(28)27(26-19)18-16(23)9-13(10-17(18)24)11-4-2-1-3-5-11/h1-10H,(H,25,26,28). The molecule has 0 saturated heterocycles. The highest BCUT2D eigenvalue weighted by molar-refractivity contribution is 6.42. The van der Waals surface area contributed by atoms with Gasteiger partial charge in [0, 0.05) is 5.56 Å². The normalized spacial score (nSPS) is 11.0. The molecule has 4 aromatic rings. The molecule has 4 nitrogen and oxygen atoms in total. The van der Waals surface area contributed by atoms with Crippen LogP contribution in [-0.4, -0.2) is 14.8 Å². The number of benzene rings is 3. The maximum atomic E-state index is 12.5. The molecule has 140 valence electrons. The number of nitrogens with one attached hydrogen (secondary N) is 1. The largest absolute Gasteiger partial charge is 0.348 e. The lowest BCUT2D eigenvalue weighted by Crippen LogP contribution is -2.16. The van der Waals surface area contributed by atoms with Crippen molar-refractivity contribution < 1.29 is 0 Å². The quantitative estimate of drug-likeness (QED) is 0.386. The lowest BCUT2D eigenvalue weighted by Gasteiger charge is -2.09. The number of hydrogen-bond acceptors (Lipinski definition) is 2. The van der Waals surface area contributed by atoms with Crippen LogP contribution in [0.15, 0.2) is 65.5 Å². The van der Waals surface area contributed by atoms with Gasteiger partial charge in [0.15, 0.2) is 5.82 Å². The predicted molar refractivity (Wildman–Crippen MR) is 115 cm³/mol. The van der Waals surface area contributed by atoms with Crippen molar-refractivity contribution in [1.82, 2.24) is 14.8 Å². The van der Waals surface area contributed by atoms with Gasteiger partial charge in [-0.25, -0.2) is 4.79 Å². The fourth-order valence-electron chi connectivity index (χ4n) is 2.81. The lowest BCUT2D eigenvalue weighted by molar-refractivity contribution is 0.845. The van der Waals surface area contributed by atoms with E-state index in [0.717, 1.165) is 15.8 Å². The van der Waals surface area contributed by atoms with Gasteiger partial charge in [-0.3, -0.25) is 4.98 Å². The second kappa shape index (κ2) is 7.64. The zero-order valence-electron chi connectivity index (χ0n) is 14.1. The summed E-state index contributed by atoms with van der Waals surface area (Å²) in [6, 6.07) is 18.1. The third-order valence-electron chi connectivity index (χ3n) is 4.15. The van der Waals surface area contributed by atoms with Crippen molar-refractivity contribution in [2.75, 3.05) is 0 Å². The first-order chi connectivity index (χ1) is 13.4. The molecule has 0 bridgehead atoms. The van der Waals surface area contributed by atoms with E-state index in [4.69, 9.17) is 46.4 Å². The third-order valence-corrected chi connectivity index (χ3v) is 5.46. The Labute approximate surface area is 180 Å². The molecule has 1 aromatic heterocycles. The molecule has 1 heterocycles. The number of aromatic nitrogens is 3. The summed E-state index contributed by atoms with van der Waals surface area (Å²) in [5.41, 5.74) is 2.24. The molecule has 4 rings (SSSR count). The van der Waals surface area contributed by atoms with Gasteiger partial charge in [-0.15, -0.1) is 5.10 Å². The second-order valence-corrected chi connectivity index (χ2v) is 7.60. The third kappa shape index (κ3) is 3.56. The summed E-state index contributed by atoms with van der Waals surface area (Å²) in [4.78, 5) is 15.2. The summed E-state index contributed by atoms with van der Waals surface area (Å²) in [6.07, 6.45) is 0. The van der Waals surface area contributed by atoms with Crippen molar-refractivity contribution in [2.24, 2.45) is 0 Å². The van der Waals surface area contributed by atoms with E-state index >= 15 is 0 Å². The monoisotopic (exact) mass is 449 g/mol. The summed E-state index contributed by atoms with van der Waals surface area (Å²) in [5.74, 6) is 0.322. The van der Waals surface area contributed by atoms with E-state index in [0.29, 0.717) is 37.2 Å². The highest BCUT2D eigenvalue weighted by Gasteiger charge is 2.17. The molecular formula is C20H11Cl4N3O. The smallest absolute Gasteiger partial charge is 0.288 e. The Morgan fingerprint density at radius 1 is 0.714 bits per heavy atom. The van der Waals surface area contributed by atoms with E-state index in [9.17, 15) is 4.79 Å². The first-order valence-corrected chi connectivity index (χ1v) is 9.65. The van der Waals surface area contributed by atoms with Gasteiger partial charge in [0.05, 0.1) is 20.1 Å². The molecule has 0 atom stereocenters. The summed E-state index contributed by atoms with van der Waals surface area (Å²) in [6.45, 7) is 0. The molecule has 0 amide bonds. The molecule has 0 unspecified atom stereocenters. The van der Waals surface area contributed by atoms with Gasteiger partial charge in [0.2, 0.25) is 0 Å². The first kappa shape index (κ1) is 19.1. The van der Waals surface area contributed by atoms with E-state index in [-0.39, 0.29) is 0 Å². The Balaban J connectivity index is 1.81. The molecule has 0 aliphatic rings. The molecule has 28 heavy (non-hydrogen) atoms. The Morgan fingerprint density at radius 2 is 1.36 bits per heavy atom. The van der Waals surface area contributed by atoms with E-state index in [1.165, 1.54) is 0 Å². The number of H-pyrrole nitrogens is 1. The van der Waals surface area contributed by atoms with E-state index in [2.05, 4.69) is 10.1 Å². The van der Waals surface area contributed by atoms with Crippen molar-refractivity contribution >= 4 is 46.4 Å². The molecule has 0 fully saturated rings. The van der Waals surface area contributed by atoms with E-state index in [1.807, 2.05) is 30.3 Å². The van der Waals surface area contributed by atoms with Crippen LogP contribution in [0.3, 0.4) is 0 Å². The van der Waals surface area contributed by atoms with Crippen molar-refractivity contribution in [3.8, 4) is 28.2 Å². The van der Waals surface area contributed by atoms with Gasteiger partial charge in [-0.1, -0.05) is 76.7 Å². The highest BCUT2D eigenvalue weighted by Crippen LogP contribution is 2.34. The van der Waals surface area contributed by atoms with Gasteiger partial charge in [0.25, 0.3) is 0 Å². The minimum absolute atomic E-state index is 0.301. The van der Waals surface area contributed by atoms with Gasteiger partial charge in [-0.2, -0.15) is 4.68 Å². The van der Waals surface area contributed by atoms with Gasteiger partial charge in [-0.05, 0) is 41.5 Å². The molecule has 0 aliphatic carbocycles. The van der Waals surface area contributed by atoms with Crippen LogP contribution in [0.1, 0.15) is 0 Å². The van der Waals surface area contributed by atoms with Crippen LogP contribution in [0.25, 0.3) is 28.2 Å². The van der Waals surface area contributed by atoms with Crippen molar-refractivity contribution in [1.29, 1.82) is 0 Å². The van der Waals surface area contributed by atoms with Crippen molar-refractivity contribution in [3.63, 3.8) is 0 Å². The summed E-state index contributed by atoms with van der Waals surface area (Å²) < 4.78 is 1.14. The number of aromatic amines is 1. The Hall–Kier alpha value is -2.24. The summed E-state index contributed by atoms with van der Waals surface area (Å²) in [5, 5.41) is 5.71. The average molecular weight is 451 g/mol. The summed E-state index contributed by atoms with van der Waals surface area (Å²) >= 11 is 24.9. The summed E-state index contributed by atoms with van der Waals surface area (Å²) in [7, 11) is 0. The van der Waals surface area contributed by atoms with Crippen LogP contribution in [0.5, 0.6) is 0 Å². The fraction of sp³-hybridized carbons (Fsp3) is 0. The molecule has 0 spiro atoms. The minimum Gasteiger partial charge on any atom is -0.288 e. The van der Waals surface area contributed by atoms with Gasteiger partial charge >= 0.3 is 5.69 Å². The van der Waals surface area contributed by atoms with Crippen LogP contribution in [-0.2, 0) is 0 Å². The molecule has 0 radical (unpaired) electrons. The van der Waals surface area contributed by atoms with Crippen LogP contribution in [0.4, 0.5) is 0 Å². The molecule has 8 heteroatoms. The van der Waals surface area contributed by atoms with E-state index in [1.54, 1.807) is 30.3 Å². The number of rotatable bonds is 3. The van der Waals surface area contributed by atoms with Crippen LogP contribution in [0.2, 0.25) is 20.1 Å². The van der Waals surface area contributed by atoms with Gasteiger partial charge < -0.3 is 0 Å². The predicted octanol–water partition coefficient (Wildman–Crippen LogP) is 6.51. The van der Waals surface area contributed by atoms with Crippen LogP contribution in [0, 0.1) is 0 Å². The minimum atomic E-state index is -0.475. The SMILES string of the molecule is O=c1[nH]c(-c2ccc(Cl)c(Cl)c2)nn1-c1c(Cl)cc(-c2ccccc2)cc1Cl. The Bertz CT molecular complexity index is 1210. The Morgan fingerprint density at radius 3 is 2.00 bits per heavy atom. The van der Waals surface area contributed by atoms with Crippen LogP contribution < -0.4 is 5.69 Å². The molecule has 1 N–H and O–H groups in total. The maximum absolute atomic E-state index is 12.5. The van der Waals surface area contributed by atoms with Crippen molar-refractivity contribution in [2.45, 2.75) is 0 Å². The fourth-order valence-corrected chi connectivity index (χ4v) is 3.76. The van der Waals surface area contributed by atoms with Crippen LogP contribution >= 0.6 is 46.4 Å². The second-order valence-electron chi connectivity index (χ2n) is 5.97. The zero-order chi connectivity index (χ0) is 19.8. The number of hydrogen-bond donors (Lipinski definition) is 1. The zero-order valence-corrected chi connectivity index (χ0v) is 17.1. The average Bonchev–Trinajstić information content (AvgIpc) is 3.05. The topological polar surface area (TPSA) is 50.7 Å². The molecule has 0 saturated carbocycles. The Kier molecular flexibility index (Phi) is 5.21. The molecular weight excluding hydrogens is 440 g/mol. The maximum Gasteiger partial charge on any atom is 0.348 e. The van der Waals surface area contributed by atoms with Crippen molar-refractivity contribution in [3.05, 3.63) is 91.2 Å². The number of nitrogens with zero attached hydrogens (tertiary/aromatic N) is 2. The first-order valence-electron chi connectivity index (χ1n) is 8.13. The van der Waals surface area contributed by atoms with E-state index < -0.39 is 5.69 Å². The molecule has 0 aliphatic heterocycles. The van der Waals surface area contributed by atoms with Gasteiger partial charge in [0.1, 0.15) is 5.69 Å².